The first-order valence-corrected chi connectivity index (χ1v) is 5.58. The maximum Gasteiger partial charge on any atom is 0.251 e. The van der Waals surface area contributed by atoms with E-state index in [-0.39, 0.29) is 5.56 Å². The highest BCUT2D eigenvalue weighted by molar-refractivity contribution is 7.99. The molecule has 0 aliphatic rings. The van der Waals surface area contributed by atoms with E-state index < -0.39 is 0 Å². The molecule has 1 N–H and O–H groups in total. The van der Waals surface area contributed by atoms with Gasteiger partial charge in [-0.25, -0.2) is 4.98 Å². The summed E-state index contributed by atoms with van der Waals surface area (Å²) in [5.41, 5.74) is 0.477. The smallest absolute Gasteiger partial charge is 0.251 e. The van der Waals surface area contributed by atoms with Crippen LogP contribution in [0.4, 0.5) is 0 Å². The molecule has 0 radical (unpaired) electrons. The molecule has 2 aromatic heterocycles. The van der Waals surface area contributed by atoms with Crippen LogP contribution in [0.3, 0.4) is 0 Å². The van der Waals surface area contributed by atoms with Crippen molar-refractivity contribution in [3.8, 4) is 0 Å². The Kier molecular flexibility index (Phi) is 3.21. The summed E-state index contributed by atoms with van der Waals surface area (Å²) in [4.78, 5) is 18.0. The van der Waals surface area contributed by atoms with Crippen LogP contribution >= 0.6 is 23.4 Å². The summed E-state index contributed by atoms with van der Waals surface area (Å²) in [6.07, 6.45) is 0. The van der Waals surface area contributed by atoms with Gasteiger partial charge in [-0.15, -0.1) is 10.2 Å². The molecule has 16 heavy (non-hydrogen) atoms. The Morgan fingerprint density at radius 3 is 2.81 bits per heavy atom. The Morgan fingerprint density at radius 1 is 1.38 bits per heavy atom. The quantitative estimate of drug-likeness (QED) is 0.826. The lowest BCUT2D eigenvalue weighted by Gasteiger charge is -1.99. The van der Waals surface area contributed by atoms with Crippen LogP contribution in [0.5, 0.6) is 0 Å². The van der Waals surface area contributed by atoms with Gasteiger partial charge in [-0.3, -0.25) is 4.79 Å². The van der Waals surface area contributed by atoms with Gasteiger partial charge in [0.2, 0.25) is 0 Å². The number of hydrogen-bond acceptors (Lipinski definition) is 5. The maximum absolute atomic E-state index is 11.2. The van der Waals surface area contributed by atoms with Crippen LogP contribution in [0.1, 0.15) is 5.69 Å². The van der Waals surface area contributed by atoms with Gasteiger partial charge in [-0.1, -0.05) is 11.6 Å². The summed E-state index contributed by atoms with van der Waals surface area (Å²) in [6, 6.07) is 4.77. The molecule has 0 aromatic carbocycles. The zero-order chi connectivity index (χ0) is 11.5. The number of aromatic amines is 1. The van der Waals surface area contributed by atoms with Crippen LogP contribution in [0, 0.1) is 6.92 Å². The lowest BCUT2D eigenvalue weighted by molar-refractivity contribution is 0.886. The average molecular weight is 255 g/mol. The molecule has 0 aliphatic heterocycles. The molecule has 2 rings (SSSR count). The summed E-state index contributed by atoms with van der Waals surface area (Å²) in [5.74, 6) is 0. The summed E-state index contributed by atoms with van der Waals surface area (Å²) < 4.78 is 0. The van der Waals surface area contributed by atoms with Crippen molar-refractivity contribution in [3.05, 3.63) is 39.4 Å². The van der Waals surface area contributed by atoms with Crippen molar-refractivity contribution in [3.63, 3.8) is 0 Å². The zero-order valence-corrected chi connectivity index (χ0v) is 9.84. The monoisotopic (exact) mass is 254 g/mol. The minimum absolute atomic E-state index is 0.183. The molecule has 2 aromatic rings. The second-order valence-electron chi connectivity index (χ2n) is 2.99. The highest BCUT2D eigenvalue weighted by atomic mass is 35.5. The van der Waals surface area contributed by atoms with Crippen LogP contribution < -0.4 is 5.56 Å². The lowest BCUT2D eigenvalue weighted by atomic mass is 10.5. The minimum atomic E-state index is -0.183. The molecular formula is C9H7ClN4OS. The third-order valence-electron chi connectivity index (χ3n) is 1.66. The summed E-state index contributed by atoms with van der Waals surface area (Å²) >= 11 is 6.83. The molecule has 0 aliphatic carbocycles. The van der Waals surface area contributed by atoms with Gasteiger partial charge in [0, 0.05) is 11.8 Å². The van der Waals surface area contributed by atoms with Crippen molar-refractivity contribution >= 4 is 23.4 Å². The molecule has 0 bridgehead atoms. The number of hydrogen-bond donors (Lipinski definition) is 1. The third kappa shape index (κ3) is 2.80. The molecular weight excluding hydrogens is 248 g/mol. The normalized spacial score (nSPS) is 10.4. The largest absolute Gasteiger partial charge is 0.301 e. The number of nitrogens with one attached hydrogen (secondary N) is 1. The molecule has 0 spiro atoms. The Morgan fingerprint density at radius 2 is 2.19 bits per heavy atom. The van der Waals surface area contributed by atoms with Crippen molar-refractivity contribution in [1.82, 2.24) is 20.2 Å². The van der Waals surface area contributed by atoms with Gasteiger partial charge in [0.15, 0.2) is 10.3 Å². The first-order chi connectivity index (χ1) is 7.63. The number of rotatable bonds is 2. The molecule has 5 nitrogen and oxygen atoms in total. The van der Waals surface area contributed by atoms with Crippen LogP contribution in [-0.2, 0) is 0 Å². The van der Waals surface area contributed by atoms with Crippen molar-refractivity contribution in [2.45, 2.75) is 17.1 Å². The standard InChI is InChI=1S/C9H7ClN4OS/c1-5-4-7(15)12-9(11-5)16-8-3-2-6(10)13-14-8/h2-4H,1H3,(H,11,12,15). The predicted octanol–water partition coefficient (Wildman–Crippen LogP) is 1.67. The Labute approximate surface area is 100 Å². The summed E-state index contributed by atoms with van der Waals surface area (Å²) in [7, 11) is 0. The Balaban J connectivity index is 2.26. The predicted molar refractivity (Wildman–Crippen MR) is 60.8 cm³/mol. The number of aryl methyl sites for hydroxylation is 1. The van der Waals surface area contributed by atoms with E-state index in [4.69, 9.17) is 11.6 Å². The molecule has 0 amide bonds. The van der Waals surface area contributed by atoms with E-state index in [9.17, 15) is 4.79 Å². The van der Waals surface area contributed by atoms with Gasteiger partial charge in [-0.05, 0) is 30.8 Å². The molecule has 7 heteroatoms. The second-order valence-corrected chi connectivity index (χ2v) is 4.38. The van der Waals surface area contributed by atoms with E-state index in [0.29, 0.717) is 21.0 Å². The van der Waals surface area contributed by atoms with Crippen LogP contribution in [0.2, 0.25) is 5.15 Å². The van der Waals surface area contributed by atoms with Gasteiger partial charge in [0.1, 0.15) is 5.03 Å². The molecule has 0 saturated heterocycles. The highest BCUT2D eigenvalue weighted by Gasteiger charge is 2.03. The number of aromatic nitrogens is 4. The van der Waals surface area contributed by atoms with E-state index >= 15 is 0 Å². The Hall–Kier alpha value is -1.40. The third-order valence-corrected chi connectivity index (χ3v) is 2.67. The summed E-state index contributed by atoms with van der Waals surface area (Å²) in [6.45, 7) is 1.76. The van der Waals surface area contributed by atoms with Gasteiger partial charge in [0.05, 0.1) is 0 Å². The van der Waals surface area contributed by atoms with Crippen LogP contribution in [0.25, 0.3) is 0 Å². The number of H-pyrrole nitrogens is 1. The number of nitrogens with zero attached hydrogens (tertiary/aromatic N) is 3. The highest BCUT2D eigenvalue weighted by Crippen LogP contribution is 2.21. The van der Waals surface area contributed by atoms with Gasteiger partial charge in [0.25, 0.3) is 5.56 Å². The first-order valence-electron chi connectivity index (χ1n) is 4.38. The van der Waals surface area contributed by atoms with Gasteiger partial charge < -0.3 is 4.98 Å². The molecule has 0 saturated carbocycles. The molecule has 0 atom stereocenters. The van der Waals surface area contributed by atoms with E-state index in [2.05, 4.69) is 20.2 Å². The molecule has 2 heterocycles. The molecule has 0 unspecified atom stereocenters. The average Bonchev–Trinajstić information content (AvgIpc) is 2.20. The van der Waals surface area contributed by atoms with Gasteiger partial charge >= 0.3 is 0 Å². The topological polar surface area (TPSA) is 71.5 Å². The van der Waals surface area contributed by atoms with Crippen molar-refractivity contribution in [2.75, 3.05) is 0 Å². The second kappa shape index (κ2) is 4.63. The molecule has 82 valence electrons. The first kappa shape index (κ1) is 11.1. The van der Waals surface area contributed by atoms with Gasteiger partial charge in [-0.2, -0.15) is 0 Å². The van der Waals surface area contributed by atoms with Crippen molar-refractivity contribution in [2.24, 2.45) is 0 Å². The zero-order valence-electron chi connectivity index (χ0n) is 8.27. The fourth-order valence-electron chi connectivity index (χ4n) is 1.06. The van der Waals surface area contributed by atoms with E-state index in [1.165, 1.54) is 17.8 Å². The SMILES string of the molecule is Cc1cc(=O)[nH]c(Sc2ccc(Cl)nn2)n1. The minimum Gasteiger partial charge on any atom is -0.301 e. The molecule has 0 fully saturated rings. The van der Waals surface area contributed by atoms with E-state index in [1.54, 1.807) is 19.1 Å². The fourth-order valence-corrected chi connectivity index (χ4v) is 1.92. The Bertz CT molecular complexity index is 554. The fraction of sp³-hybridized carbons (Fsp3) is 0.111. The summed E-state index contributed by atoms with van der Waals surface area (Å²) in [5, 5.41) is 8.99. The van der Waals surface area contributed by atoms with Crippen molar-refractivity contribution in [1.29, 1.82) is 0 Å². The van der Waals surface area contributed by atoms with E-state index in [0.717, 1.165) is 0 Å². The van der Waals surface area contributed by atoms with E-state index in [1.807, 2.05) is 0 Å². The lowest BCUT2D eigenvalue weighted by Crippen LogP contribution is -2.08. The van der Waals surface area contributed by atoms with Crippen LogP contribution in [-0.4, -0.2) is 20.2 Å². The maximum atomic E-state index is 11.2. The van der Waals surface area contributed by atoms with Crippen LogP contribution in [0.15, 0.2) is 33.2 Å². The number of halogens is 1. The van der Waals surface area contributed by atoms with Crippen molar-refractivity contribution < 1.29 is 0 Å².